The molecule has 3 nitrogen and oxygen atoms in total. The first-order valence-corrected chi connectivity index (χ1v) is 10.2. The summed E-state index contributed by atoms with van der Waals surface area (Å²) in [4.78, 5) is 0. The van der Waals surface area contributed by atoms with E-state index in [4.69, 9.17) is 4.74 Å². The lowest BCUT2D eigenvalue weighted by Gasteiger charge is -2.41. The van der Waals surface area contributed by atoms with Crippen LogP contribution in [0.4, 0.5) is 10.1 Å². The Kier molecular flexibility index (Phi) is 4.06. The standard InChI is InChI=1S/C26H24FNO2/c1-16-14-25(2,3)28-21-13-12-18-19-10-7-11-20(27)24(19)30-26(29,23(18)22(16)21)15-17-8-5-4-6-9-17/h4-14,28-29H,15H2,1-3H3. The normalized spacial score (nSPS) is 20.8. The summed E-state index contributed by atoms with van der Waals surface area (Å²) in [7, 11) is 0. The van der Waals surface area contributed by atoms with Crippen LogP contribution >= 0.6 is 0 Å². The van der Waals surface area contributed by atoms with Crippen molar-refractivity contribution in [2.75, 3.05) is 5.32 Å². The lowest BCUT2D eigenvalue weighted by Crippen LogP contribution is -2.41. The summed E-state index contributed by atoms with van der Waals surface area (Å²) in [6.45, 7) is 6.26. The number of anilines is 1. The Morgan fingerprint density at radius 3 is 2.50 bits per heavy atom. The molecule has 0 fully saturated rings. The molecule has 0 saturated heterocycles. The van der Waals surface area contributed by atoms with Crippen LogP contribution in [0.25, 0.3) is 16.7 Å². The number of nitrogens with one attached hydrogen (secondary N) is 1. The monoisotopic (exact) mass is 401 g/mol. The molecule has 0 radical (unpaired) electrons. The lowest BCUT2D eigenvalue weighted by atomic mass is 9.79. The number of fused-ring (bicyclic) bond motifs is 5. The summed E-state index contributed by atoms with van der Waals surface area (Å²) < 4.78 is 20.8. The molecule has 2 aliphatic heterocycles. The Morgan fingerprint density at radius 2 is 1.73 bits per heavy atom. The molecule has 0 aromatic heterocycles. The fraction of sp³-hybridized carbons (Fsp3) is 0.231. The molecule has 2 aliphatic rings. The van der Waals surface area contributed by atoms with Crippen molar-refractivity contribution in [2.45, 2.75) is 38.5 Å². The molecular formula is C26H24FNO2. The van der Waals surface area contributed by atoms with Gasteiger partial charge in [0.05, 0.1) is 5.54 Å². The van der Waals surface area contributed by atoms with Gasteiger partial charge in [0, 0.05) is 28.8 Å². The van der Waals surface area contributed by atoms with E-state index in [0.29, 0.717) is 11.1 Å². The van der Waals surface area contributed by atoms with Crippen molar-refractivity contribution >= 4 is 11.3 Å². The molecule has 0 amide bonds. The third-order valence-electron chi connectivity index (χ3n) is 5.84. The van der Waals surface area contributed by atoms with Gasteiger partial charge in [-0.2, -0.15) is 0 Å². The number of para-hydroxylation sites is 1. The third kappa shape index (κ3) is 2.91. The van der Waals surface area contributed by atoms with Crippen molar-refractivity contribution in [3.63, 3.8) is 0 Å². The van der Waals surface area contributed by atoms with Crippen LogP contribution in [0, 0.1) is 5.82 Å². The highest BCUT2D eigenvalue weighted by Crippen LogP contribution is 2.51. The Balaban J connectivity index is 1.80. The summed E-state index contributed by atoms with van der Waals surface area (Å²) in [6.07, 6.45) is 2.36. The zero-order chi connectivity index (χ0) is 21.1. The number of rotatable bonds is 2. The quantitative estimate of drug-likeness (QED) is 0.563. The molecule has 2 heterocycles. The maximum Gasteiger partial charge on any atom is 0.240 e. The van der Waals surface area contributed by atoms with Crippen molar-refractivity contribution in [1.29, 1.82) is 0 Å². The van der Waals surface area contributed by atoms with Gasteiger partial charge in [-0.15, -0.1) is 0 Å². The van der Waals surface area contributed by atoms with E-state index >= 15 is 0 Å². The van der Waals surface area contributed by atoms with Gasteiger partial charge >= 0.3 is 0 Å². The minimum Gasteiger partial charge on any atom is -0.454 e. The number of benzene rings is 3. The largest absolute Gasteiger partial charge is 0.454 e. The van der Waals surface area contributed by atoms with Gasteiger partial charge in [0.2, 0.25) is 5.79 Å². The Bertz CT molecular complexity index is 1180. The highest BCUT2D eigenvalue weighted by molar-refractivity contribution is 5.90. The van der Waals surface area contributed by atoms with Gasteiger partial charge in [0.15, 0.2) is 11.6 Å². The summed E-state index contributed by atoms with van der Waals surface area (Å²) in [5.41, 5.74) is 5.75. The predicted molar refractivity (Wildman–Crippen MR) is 118 cm³/mol. The Morgan fingerprint density at radius 1 is 0.967 bits per heavy atom. The van der Waals surface area contributed by atoms with E-state index in [0.717, 1.165) is 28.0 Å². The number of allylic oxidation sites excluding steroid dienone is 1. The fourth-order valence-corrected chi connectivity index (χ4v) is 4.78. The summed E-state index contributed by atoms with van der Waals surface area (Å²) in [5, 5.41) is 15.4. The molecule has 0 aliphatic carbocycles. The number of halogens is 1. The fourth-order valence-electron chi connectivity index (χ4n) is 4.78. The average molecular weight is 401 g/mol. The van der Waals surface area contributed by atoms with Crippen LogP contribution in [-0.4, -0.2) is 10.6 Å². The van der Waals surface area contributed by atoms with E-state index in [1.165, 1.54) is 6.07 Å². The van der Waals surface area contributed by atoms with Crippen molar-refractivity contribution in [3.05, 3.63) is 89.2 Å². The van der Waals surface area contributed by atoms with Crippen LogP contribution in [0.3, 0.4) is 0 Å². The minimum absolute atomic E-state index is 0.0918. The molecule has 3 aromatic carbocycles. The van der Waals surface area contributed by atoms with E-state index in [2.05, 4.69) is 25.2 Å². The van der Waals surface area contributed by atoms with Crippen molar-refractivity contribution < 1.29 is 14.2 Å². The van der Waals surface area contributed by atoms with Gasteiger partial charge in [0.25, 0.3) is 0 Å². The lowest BCUT2D eigenvalue weighted by molar-refractivity contribution is -0.148. The molecule has 152 valence electrons. The molecule has 30 heavy (non-hydrogen) atoms. The van der Waals surface area contributed by atoms with E-state index in [9.17, 15) is 9.50 Å². The number of ether oxygens (including phenoxy) is 1. The number of hydrogen-bond donors (Lipinski definition) is 2. The van der Waals surface area contributed by atoms with Gasteiger partial charge in [0.1, 0.15) is 0 Å². The first-order valence-electron chi connectivity index (χ1n) is 10.2. The maximum absolute atomic E-state index is 14.7. The van der Waals surface area contributed by atoms with E-state index in [-0.39, 0.29) is 17.7 Å². The first kappa shape index (κ1) is 18.9. The molecule has 4 heteroatoms. The summed E-state index contributed by atoms with van der Waals surface area (Å²) in [6, 6.07) is 18.5. The minimum atomic E-state index is -1.70. The highest BCUT2D eigenvalue weighted by Gasteiger charge is 2.44. The van der Waals surface area contributed by atoms with E-state index < -0.39 is 11.6 Å². The second-order valence-electron chi connectivity index (χ2n) is 8.75. The predicted octanol–water partition coefficient (Wildman–Crippen LogP) is 5.88. The van der Waals surface area contributed by atoms with Crippen LogP contribution in [-0.2, 0) is 12.2 Å². The first-order chi connectivity index (χ1) is 14.3. The van der Waals surface area contributed by atoms with Crippen LogP contribution in [0.1, 0.15) is 37.5 Å². The molecule has 1 unspecified atom stereocenters. The molecule has 3 aromatic rings. The van der Waals surface area contributed by atoms with Gasteiger partial charge in [-0.1, -0.05) is 54.6 Å². The zero-order valence-corrected chi connectivity index (χ0v) is 17.3. The highest BCUT2D eigenvalue weighted by atomic mass is 19.1. The number of aliphatic hydroxyl groups is 1. The average Bonchev–Trinajstić information content (AvgIpc) is 2.68. The molecule has 0 bridgehead atoms. The molecule has 0 spiro atoms. The molecule has 0 saturated carbocycles. The SMILES string of the molecule is CC1=CC(C)(C)Nc2ccc3c(c21)C(O)(Cc1ccccc1)Oc1c(F)cccc1-3. The van der Waals surface area contributed by atoms with E-state index in [1.807, 2.05) is 55.5 Å². The van der Waals surface area contributed by atoms with Gasteiger partial charge < -0.3 is 15.2 Å². The van der Waals surface area contributed by atoms with Gasteiger partial charge in [-0.05, 0) is 49.6 Å². The molecular weight excluding hydrogens is 377 g/mol. The van der Waals surface area contributed by atoms with Crippen LogP contribution in [0.15, 0.2) is 66.7 Å². The zero-order valence-electron chi connectivity index (χ0n) is 17.3. The van der Waals surface area contributed by atoms with E-state index in [1.54, 1.807) is 6.07 Å². The van der Waals surface area contributed by atoms with Gasteiger partial charge in [-0.25, -0.2) is 4.39 Å². The summed E-state index contributed by atoms with van der Waals surface area (Å²) in [5.74, 6) is -2.09. The second kappa shape index (κ2) is 6.44. The smallest absolute Gasteiger partial charge is 0.240 e. The van der Waals surface area contributed by atoms with Crippen molar-refractivity contribution in [1.82, 2.24) is 0 Å². The Hall–Kier alpha value is -3.11. The van der Waals surface area contributed by atoms with Crippen LogP contribution in [0.2, 0.25) is 0 Å². The van der Waals surface area contributed by atoms with Crippen molar-refractivity contribution in [3.8, 4) is 16.9 Å². The summed E-state index contributed by atoms with van der Waals surface area (Å²) >= 11 is 0. The van der Waals surface area contributed by atoms with Crippen LogP contribution < -0.4 is 10.1 Å². The maximum atomic E-state index is 14.7. The second-order valence-corrected chi connectivity index (χ2v) is 8.75. The molecule has 2 N–H and O–H groups in total. The number of hydrogen-bond acceptors (Lipinski definition) is 3. The molecule has 5 rings (SSSR count). The van der Waals surface area contributed by atoms with Crippen molar-refractivity contribution in [2.24, 2.45) is 0 Å². The Labute approximate surface area is 175 Å². The van der Waals surface area contributed by atoms with Crippen LogP contribution in [0.5, 0.6) is 5.75 Å². The van der Waals surface area contributed by atoms with Gasteiger partial charge in [-0.3, -0.25) is 0 Å². The third-order valence-corrected chi connectivity index (χ3v) is 5.84. The molecule has 1 atom stereocenters. The topological polar surface area (TPSA) is 41.5 Å².